The second-order valence-electron chi connectivity index (χ2n) is 7.27. The summed E-state index contributed by atoms with van der Waals surface area (Å²) < 4.78 is 0. The molecule has 2 fully saturated rings. The molecule has 2 atom stereocenters. The summed E-state index contributed by atoms with van der Waals surface area (Å²) in [5, 5.41) is 6.51. The van der Waals surface area contributed by atoms with E-state index in [0.29, 0.717) is 12.1 Å². The fraction of sp³-hybridized carbons (Fsp3) is 0.579. The van der Waals surface area contributed by atoms with Crippen LogP contribution in [-0.2, 0) is 4.79 Å². The molecule has 1 unspecified atom stereocenters. The minimum absolute atomic E-state index is 0.0219. The molecule has 0 aliphatic carbocycles. The standard InChI is InChI=1S/C19H27N3O2/c1-19(18(24)21-16-9-5-11-20-13-16)10-6-12-22(14-19)17(23)15-7-3-2-4-8-15/h2-4,7-8,16,20H,5-6,9-14H2,1H3,(H,21,24)/t16-,19?/m0/s1. The molecule has 0 aromatic heterocycles. The summed E-state index contributed by atoms with van der Waals surface area (Å²) in [6.07, 6.45) is 3.82. The molecular weight excluding hydrogens is 302 g/mol. The smallest absolute Gasteiger partial charge is 0.253 e. The molecule has 5 heteroatoms. The number of benzene rings is 1. The highest BCUT2D eigenvalue weighted by atomic mass is 16.2. The van der Waals surface area contributed by atoms with E-state index in [0.717, 1.165) is 45.3 Å². The van der Waals surface area contributed by atoms with E-state index in [1.165, 1.54) is 0 Å². The molecule has 0 radical (unpaired) electrons. The Morgan fingerprint density at radius 3 is 2.75 bits per heavy atom. The van der Waals surface area contributed by atoms with Crippen LogP contribution in [0.25, 0.3) is 0 Å². The lowest BCUT2D eigenvalue weighted by Crippen LogP contribution is -2.55. The van der Waals surface area contributed by atoms with E-state index in [1.54, 1.807) is 0 Å². The molecule has 2 aliphatic rings. The highest BCUT2D eigenvalue weighted by Crippen LogP contribution is 2.31. The summed E-state index contributed by atoms with van der Waals surface area (Å²) in [7, 11) is 0. The van der Waals surface area contributed by atoms with E-state index in [2.05, 4.69) is 10.6 Å². The number of piperidine rings is 2. The van der Waals surface area contributed by atoms with Gasteiger partial charge in [0.05, 0.1) is 5.41 Å². The largest absolute Gasteiger partial charge is 0.352 e. The van der Waals surface area contributed by atoms with Crippen LogP contribution in [0.5, 0.6) is 0 Å². The topological polar surface area (TPSA) is 61.4 Å². The number of hydrogen-bond donors (Lipinski definition) is 2. The highest BCUT2D eigenvalue weighted by molar-refractivity contribution is 5.95. The maximum atomic E-state index is 12.8. The Morgan fingerprint density at radius 2 is 2.04 bits per heavy atom. The number of rotatable bonds is 3. The van der Waals surface area contributed by atoms with Crippen molar-refractivity contribution in [2.75, 3.05) is 26.2 Å². The predicted octanol–water partition coefficient (Wildman–Crippen LogP) is 1.80. The van der Waals surface area contributed by atoms with Gasteiger partial charge in [0.2, 0.25) is 5.91 Å². The fourth-order valence-corrected chi connectivity index (χ4v) is 3.70. The van der Waals surface area contributed by atoms with Crippen LogP contribution in [0.3, 0.4) is 0 Å². The second-order valence-corrected chi connectivity index (χ2v) is 7.27. The van der Waals surface area contributed by atoms with Gasteiger partial charge in [0.25, 0.3) is 5.91 Å². The Kier molecular flexibility index (Phi) is 5.19. The molecule has 2 N–H and O–H groups in total. The lowest BCUT2D eigenvalue weighted by Gasteiger charge is -2.40. The maximum absolute atomic E-state index is 12.8. The quantitative estimate of drug-likeness (QED) is 0.889. The number of carbonyl (C=O) groups excluding carboxylic acids is 2. The van der Waals surface area contributed by atoms with Crippen molar-refractivity contribution in [2.45, 2.75) is 38.6 Å². The van der Waals surface area contributed by atoms with Gasteiger partial charge >= 0.3 is 0 Å². The molecule has 1 aromatic carbocycles. The van der Waals surface area contributed by atoms with Crippen molar-refractivity contribution in [3.05, 3.63) is 35.9 Å². The Bertz CT molecular complexity index is 584. The van der Waals surface area contributed by atoms with Crippen LogP contribution in [0.1, 0.15) is 43.0 Å². The van der Waals surface area contributed by atoms with Crippen LogP contribution in [0.15, 0.2) is 30.3 Å². The van der Waals surface area contributed by atoms with Crippen molar-refractivity contribution in [3.63, 3.8) is 0 Å². The number of nitrogens with one attached hydrogen (secondary N) is 2. The Morgan fingerprint density at radius 1 is 1.25 bits per heavy atom. The molecule has 2 saturated heterocycles. The average Bonchev–Trinajstić information content (AvgIpc) is 2.63. The van der Waals surface area contributed by atoms with Gasteiger partial charge in [-0.15, -0.1) is 0 Å². The van der Waals surface area contributed by atoms with E-state index in [1.807, 2.05) is 42.2 Å². The van der Waals surface area contributed by atoms with Gasteiger partial charge in [-0.05, 0) is 51.3 Å². The van der Waals surface area contributed by atoms with Crippen molar-refractivity contribution < 1.29 is 9.59 Å². The first kappa shape index (κ1) is 17.0. The van der Waals surface area contributed by atoms with Crippen LogP contribution < -0.4 is 10.6 Å². The lowest BCUT2D eigenvalue weighted by atomic mass is 9.80. The summed E-state index contributed by atoms with van der Waals surface area (Å²) in [4.78, 5) is 27.3. The normalized spacial score (nSPS) is 27.5. The second kappa shape index (κ2) is 7.34. The van der Waals surface area contributed by atoms with Gasteiger partial charge in [0, 0.05) is 31.2 Å². The summed E-state index contributed by atoms with van der Waals surface area (Å²) in [6.45, 7) is 5.08. The van der Waals surface area contributed by atoms with Gasteiger partial charge in [-0.3, -0.25) is 9.59 Å². The molecule has 130 valence electrons. The third-order valence-corrected chi connectivity index (χ3v) is 5.18. The molecular formula is C19H27N3O2. The van der Waals surface area contributed by atoms with Crippen molar-refractivity contribution in [1.82, 2.24) is 15.5 Å². The van der Waals surface area contributed by atoms with Crippen molar-refractivity contribution >= 4 is 11.8 Å². The summed E-state index contributed by atoms with van der Waals surface area (Å²) in [5.41, 5.74) is 0.193. The minimum Gasteiger partial charge on any atom is -0.352 e. The van der Waals surface area contributed by atoms with E-state index < -0.39 is 5.41 Å². The van der Waals surface area contributed by atoms with Crippen LogP contribution in [0.4, 0.5) is 0 Å². The SMILES string of the molecule is CC1(C(=O)N[C@H]2CCCNC2)CCCN(C(=O)c2ccccc2)C1. The van der Waals surface area contributed by atoms with Crippen LogP contribution in [0, 0.1) is 5.41 Å². The van der Waals surface area contributed by atoms with E-state index in [-0.39, 0.29) is 17.9 Å². The van der Waals surface area contributed by atoms with Gasteiger partial charge in [0.15, 0.2) is 0 Å². The predicted molar refractivity (Wildman–Crippen MR) is 93.7 cm³/mol. The highest BCUT2D eigenvalue weighted by Gasteiger charge is 2.40. The van der Waals surface area contributed by atoms with Gasteiger partial charge < -0.3 is 15.5 Å². The fourth-order valence-electron chi connectivity index (χ4n) is 3.70. The van der Waals surface area contributed by atoms with Crippen molar-refractivity contribution in [1.29, 1.82) is 0 Å². The summed E-state index contributed by atoms with van der Waals surface area (Å²) in [5.74, 6) is 0.107. The molecule has 0 bridgehead atoms. The maximum Gasteiger partial charge on any atom is 0.253 e. The third-order valence-electron chi connectivity index (χ3n) is 5.18. The van der Waals surface area contributed by atoms with Crippen LogP contribution in [-0.4, -0.2) is 48.9 Å². The van der Waals surface area contributed by atoms with E-state index >= 15 is 0 Å². The minimum atomic E-state index is -0.500. The monoisotopic (exact) mass is 329 g/mol. The molecule has 1 aromatic rings. The first-order valence-corrected chi connectivity index (χ1v) is 8.94. The average molecular weight is 329 g/mol. The van der Waals surface area contributed by atoms with Gasteiger partial charge in [-0.25, -0.2) is 0 Å². The molecule has 2 aliphatic heterocycles. The van der Waals surface area contributed by atoms with Crippen molar-refractivity contribution in [3.8, 4) is 0 Å². The van der Waals surface area contributed by atoms with E-state index in [4.69, 9.17) is 0 Å². The molecule has 24 heavy (non-hydrogen) atoms. The Balaban J connectivity index is 1.64. The molecule has 2 heterocycles. The lowest BCUT2D eigenvalue weighted by molar-refractivity contribution is -0.133. The molecule has 2 amide bonds. The first-order chi connectivity index (χ1) is 11.6. The first-order valence-electron chi connectivity index (χ1n) is 8.94. The van der Waals surface area contributed by atoms with Crippen LogP contribution >= 0.6 is 0 Å². The van der Waals surface area contributed by atoms with Crippen molar-refractivity contribution in [2.24, 2.45) is 5.41 Å². The third kappa shape index (κ3) is 3.78. The zero-order chi connectivity index (χ0) is 17.0. The summed E-state index contributed by atoms with van der Waals surface area (Å²) >= 11 is 0. The summed E-state index contributed by atoms with van der Waals surface area (Å²) in [6, 6.07) is 9.54. The molecule has 3 rings (SSSR count). The zero-order valence-electron chi connectivity index (χ0n) is 14.4. The number of likely N-dealkylation sites (tertiary alicyclic amines) is 1. The molecule has 0 spiro atoms. The number of amides is 2. The molecule has 0 saturated carbocycles. The van der Waals surface area contributed by atoms with Crippen LogP contribution in [0.2, 0.25) is 0 Å². The zero-order valence-corrected chi connectivity index (χ0v) is 14.4. The molecule has 5 nitrogen and oxygen atoms in total. The number of carbonyl (C=O) groups is 2. The van der Waals surface area contributed by atoms with Gasteiger partial charge in [-0.1, -0.05) is 18.2 Å². The number of nitrogens with zero attached hydrogens (tertiary/aromatic N) is 1. The number of hydrogen-bond acceptors (Lipinski definition) is 3. The Labute approximate surface area is 143 Å². The van der Waals surface area contributed by atoms with Gasteiger partial charge in [-0.2, -0.15) is 0 Å². The Hall–Kier alpha value is -1.88. The van der Waals surface area contributed by atoms with E-state index in [9.17, 15) is 9.59 Å². The van der Waals surface area contributed by atoms with Gasteiger partial charge in [0.1, 0.15) is 0 Å².